The van der Waals surface area contributed by atoms with Gasteiger partial charge in [0, 0.05) is 17.4 Å². The summed E-state index contributed by atoms with van der Waals surface area (Å²) in [5.41, 5.74) is 2.66. The summed E-state index contributed by atoms with van der Waals surface area (Å²) < 4.78 is 0. The van der Waals surface area contributed by atoms with Gasteiger partial charge in [0.2, 0.25) is 5.91 Å². The number of H-pyrrole nitrogens is 1. The van der Waals surface area contributed by atoms with Crippen LogP contribution < -0.4 is 10.6 Å². The average Bonchev–Trinajstić information content (AvgIpc) is 2.92. The number of carbonyl (C=O) groups excluding carboxylic acids is 2. The van der Waals surface area contributed by atoms with Gasteiger partial charge in [0.05, 0.1) is 6.54 Å². The van der Waals surface area contributed by atoms with Crippen molar-refractivity contribution < 1.29 is 9.59 Å². The van der Waals surface area contributed by atoms with Gasteiger partial charge in [-0.2, -0.15) is 0 Å². The van der Waals surface area contributed by atoms with Crippen LogP contribution >= 0.6 is 0 Å². The molecule has 0 atom stereocenters. The van der Waals surface area contributed by atoms with E-state index in [1.165, 1.54) is 5.56 Å². The van der Waals surface area contributed by atoms with Crippen molar-refractivity contribution in [2.45, 2.75) is 39.5 Å². The summed E-state index contributed by atoms with van der Waals surface area (Å²) in [6.07, 6.45) is 0.873. The first-order valence-electron chi connectivity index (χ1n) is 7.99. The maximum Gasteiger partial charge on any atom is 0.268 e. The third kappa shape index (κ3) is 4.34. The lowest BCUT2D eigenvalue weighted by molar-refractivity contribution is -0.120. The van der Waals surface area contributed by atoms with E-state index in [1.54, 1.807) is 6.07 Å². The molecule has 0 radical (unpaired) electrons. The molecule has 5 heteroatoms. The van der Waals surface area contributed by atoms with Crippen LogP contribution in [0.5, 0.6) is 0 Å². The number of hydrogen-bond donors (Lipinski definition) is 3. The van der Waals surface area contributed by atoms with E-state index in [2.05, 4.69) is 48.5 Å². The van der Waals surface area contributed by atoms with Gasteiger partial charge in [0.1, 0.15) is 5.69 Å². The molecule has 1 heterocycles. The zero-order chi connectivity index (χ0) is 17.0. The van der Waals surface area contributed by atoms with Crippen LogP contribution in [0.1, 0.15) is 50.2 Å². The summed E-state index contributed by atoms with van der Waals surface area (Å²) in [7, 11) is 0. The monoisotopic (exact) mass is 315 g/mol. The van der Waals surface area contributed by atoms with E-state index in [0.29, 0.717) is 12.2 Å². The van der Waals surface area contributed by atoms with Gasteiger partial charge in [0.25, 0.3) is 5.91 Å². The second-order valence-electron chi connectivity index (χ2n) is 6.77. The summed E-state index contributed by atoms with van der Waals surface area (Å²) in [6.45, 7) is 9.05. The second-order valence-corrected chi connectivity index (χ2v) is 6.77. The molecule has 124 valence electrons. The smallest absolute Gasteiger partial charge is 0.268 e. The zero-order valence-electron chi connectivity index (χ0n) is 14.2. The van der Waals surface area contributed by atoms with Crippen LogP contribution in [-0.4, -0.2) is 29.9 Å². The van der Waals surface area contributed by atoms with Gasteiger partial charge in [-0.25, -0.2) is 0 Å². The molecule has 0 fully saturated rings. The largest absolute Gasteiger partial charge is 0.355 e. The third-order valence-corrected chi connectivity index (χ3v) is 3.71. The first-order chi connectivity index (χ1) is 10.8. The number of rotatable bonds is 5. The van der Waals surface area contributed by atoms with E-state index >= 15 is 0 Å². The minimum absolute atomic E-state index is 0.0125. The van der Waals surface area contributed by atoms with Crippen molar-refractivity contribution in [2.24, 2.45) is 0 Å². The Morgan fingerprint density at radius 2 is 1.87 bits per heavy atom. The predicted octanol–water partition coefficient (Wildman–Crippen LogP) is 2.72. The standard InChI is InChI=1S/C18H25N3O2/c1-5-8-19-16(22)11-20-17(23)15-9-12-6-7-13(18(2,3)4)10-14(12)21-15/h6-7,9-10,21H,5,8,11H2,1-4H3,(H,19,22)(H,20,23). The van der Waals surface area contributed by atoms with Gasteiger partial charge >= 0.3 is 0 Å². The summed E-state index contributed by atoms with van der Waals surface area (Å²) in [5, 5.41) is 6.34. The highest BCUT2D eigenvalue weighted by Gasteiger charge is 2.16. The van der Waals surface area contributed by atoms with Gasteiger partial charge in [0.15, 0.2) is 0 Å². The summed E-state index contributed by atoms with van der Waals surface area (Å²) in [5.74, 6) is -0.448. The number of hydrogen-bond acceptors (Lipinski definition) is 2. The van der Waals surface area contributed by atoms with Crippen molar-refractivity contribution in [3.05, 3.63) is 35.5 Å². The van der Waals surface area contributed by atoms with Gasteiger partial charge in [-0.05, 0) is 29.5 Å². The van der Waals surface area contributed by atoms with Crippen molar-refractivity contribution >= 4 is 22.7 Å². The number of aromatic nitrogens is 1. The van der Waals surface area contributed by atoms with Gasteiger partial charge in [-0.1, -0.05) is 39.8 Å². The van der Waals surface area contributed by atoms with Crippen LogP contribution in [0.25, 0.3) is 10.9 Å². The molecule has 0 aliphatic rings. The fraction of sp³-hybridized carbons (Fsp3) is 0.444. The van der Waals surface area contributed by atoms with Crippen molar-refractivity contribution in [3.8, 4) is 0 Å². The fourth-order valence-electron chi connectivity index (χ4n) is 2.30. The van der Waals surface area contributed by atoms with Crippen molar-refractivity contribution in [1.82, 2.24) is 15.6 Å². The maximum atomic E-state index is 12.2. The first kappa shape index (κ1) is 17.1. The molecule has 0 aliphatic heterocycles. The first-order valence-corrected chi connectivity index (χ1v) is 7.99. The lowest BCUT2D eigenvalue weighted by atomic mass is 9.87. The van der Waals surface area contributed by atoms with Crippen LogP contribution in [-0.2, 0) is 10.2 Å². The Morgan fingerprint density at radius 1 is 1.13 bits per heavy atom. The second kappa shape index (κ2) is 6.86. The summed E-state index contributed by atoms with van der Waals surface area (Å²) in [6, 6.07) is 7.97. The molecule has 0 aliphatic carbocycles. The number of carbonyl (C=O) groups is 2. The number of amides is 2. The maximum absolute atomic E-state index is 12.2. The van der Waals surface area contributed by atoms with Crippen molar-refractivity contribution in [3.63, 3.8) is 0 Å². The third-order valence-electron chi connectivity index (χ3n) is 3.71. The molecular weight excluding hydrogens is 290 g/mol. The highest BCUT2D eigenvalue weighted by molar-refractivity contribution is 5.99. The van der Waals surface area contributed by atoms with E-state index < -0.39 is 0 Å². The Balaban J connectivity index is 2.08. The molecule has 3 N–H and O–H groups in total. The molecule has 2 amide bonds. The van der Waals surface area contributed by atoms with Crippen LogP contribution in [0.3, 0.4) is 0 Å². The lowest BCUT2D eigenvalue weighted by Crippen LogP contribution is -2.37. The Labute approximate surface area is 136 Å². The number of benzene rings is 1. The zero-order valence-corrected chi connectivity index (χ0v) is 14.2. The SMILES string of the molecule is CCCNC(=O)CNC(=O)c1cc2ccc(C(C)(C)C)cc2[nH]1. The van der Waals surface area contributed by atoms with Gasteiger partial charge in [-0.3, -0.25) is 9.59 Å². The van der Waals surface area contributed by atoms with Crippen LogP contribution in [0.4, 0.5) is 0 Å². The number of fused-ring (bicyclic) bond motifs is 1. The minimum Gasteiger partial charge on any atom is -0.355 e. The van der Waals surface area contributed by atoms with Crippen LogP contribution in [0, 0.1) is 0 Å². The number of nitrogens with one attached hydrogen (secondary N) is 3. The molecule has 0 unspecified atom stereocenters. The Hall–Kier alpha value is -2.30. The van der Waals surface area contributed by atoms with Crippen molar-refractivity contribution in [1.29, 1.82) is 0 Å². The quantitative estimate of drug-likeness (QED) is 0.793. The molecule has 1 aromatic heterocycles. The molecule has 0 bridgehead atoms. The fourth-order valence-corrected chi connectivity index (χ4v) is 2.30. The molecule has 5 nitrogen and oxygen atoms in total. The molecule has 0 saturated carbocycles. The predicted molar refractivity (Wildman–Crippen MR) is 92.6 cm³/mol. The van der Waals surface area contributed by atoms with Gasteiger partial charge < -0.3 is 15.6 Å². The summed E-state index contributed by atoms with van der Waals surface area (Å²) in [4.78, 5) is 26.8. The number of aromatic amines is 1. The topological polar surface area (TPSA) is 74.0 Å². The van der Waals surface area contributed by atoms with E-state index in [4.69, 9.17) is 0 Å². The van der Waals surface area contributed by atoms with E-state index in [9.17, 15) is 9.59 Å². The van der Waals surface area contributed by atoms with E-state index in [0.717, 1.165) is 17.3 Å². The highest BCUT2D eigenvalue weighted by Crippen LogP contribution is 2.26. The Morgan fingerprint density at radius 3 is 2.52 bits per heavy atom. The Kier molecular flexibility index (Phi) is 5.08. The normalized spacial score (nSPS) is 11.5. The average molecular weight is 315 g/mol. The minimum atomic E-state index is -0.273. The van der Waals surface area contributed by atoms with E-state index in [1.807, 2.05) is 13.0 Å². The molecule has 0 spiro atoms. The Bertz CT molecular complexity index is 711. The van der Waals surface area contributed by atoms with E-state index in [-0.39, 0.29) is 23.8 Å². The molecule has 1 aromatic carbocycles. The van der Waals surface area contributed by atoms with Gasteiger partial charge in [-0.15, -0.1) is 0 Å². The van der Waals surface area contributed by atoms with Crippen LogP contribution in [0.15, 0.2) is 24.3 Å². The molecule has 23 heavy (non-hydrogen) atoms. The lowest BCUT2D eigenvalue weighted by Gasteiger charge is -2.18. The van der Waals surface area contributed by atoms with Crippen LogP contribution in [0.2, 0.25) is 0 Å². The molecule has 2 rings (SSSR count). The highest BCUT2D eigenvalue weighted by atomic mass is 16.2. The molecule has 2 aromatic rings. The molecular formula is C18H25N3O2. The molecule has 0 saturated heterocycles. The van der Waals surface area contributed by atoms with Crippen molar-refractivity contribution in [2.75, 3.05) is 13.1 Å². The summed E-state index contributed by atoms with van der Waals surface area (Å²) >= 11 is 0.